The smallest absolute Gasteiger partial charge is 0.261 e. The molecule has 0 saturated heterocycles. The maximum absolute atomic E-state index is 12.2. The highest BCUT2D eigenvalue weighted by Crippen LogP contribution is 2.24. The number of sulfonamides is 1. The van der Waals surface area contributed by atoms with Gasteiger partial charge in [-0.05, 0) is 35.9 Å². The van der Waals surface area contributed by atoms with Crippen molar-refractivity contribution in [1.82, 2.24) is 0 Å². The van der Waals surface area contributed by atoms with E-state index in [-0.39, 0.29) is 4.90 Å². The number of nitrogens with two attached hydrogens (primary N) is 1. The summed E-state index contributed by atoms with van der Waals surface area (Å²) in [4.78, 5) is 0.144. The van der Waals surface area contributed by atoms with E-state index in [0.29, 0.717) is 22.3 Å². The van der Waals surface area contributed by atoms with E-state index < -0.39 is 10.0 Å². The van der Waals surface area contributed by atoms with Crippen LogP contribution < -0.4 is 10.5 Å². The molecule has 0 spiro atoms. The monoisotopic (exact) mass is 330 g/mol. The summed E-state index contributed by atoms with van der Waals surface area (Å²) in [7, 11) is -3.68. The van der Waals surface area contributed by atoms with E-state index in [9.17, 15) is 8.42 Å². The van der Waals surface area contributed by atoms with E-state index in [1.807, 2.05) is 0 Å². The number of hydrogen-bond acceptors (Lipinski definition) is 3. The molecular formula is C13H12Cl2N2O2S. The second-order valence-corrected chi connectivity index (χ2v) is 6.67. The van der Waals surface area contributed by atoms with Gasteiger partial charge in [-0.25, -0.2) is 8.42 Å². The van der Waals surface area contributed by atoms with Gasteiger partial charge in [0.15, 0.2) is 0 Å². The number of halogens is 2. The van der Waals surface area contributed by atoms with Gasteiger partial charge in [-0.3, -0.25) is 4.72 Å². The van der Waals surface area contributed by atoms with Gasteiger partial charge in [0.1, 0.15) is 0 Å². The maximum Gasteiger partial charge on any atom is 0.261 e. The first kappa shape index (κ1) is 15.1. The van der Waals surface area contributed by atoms with E-state index in [1.54, 1.807) is 12.1 Å². The molecule has 0 aliphatic carbocycles. The molecule has 2 aromatic carbocycles. The predicted molar refractivity (Wildman–Crippen MR) is 81.6 cm³/mol. The fourth-order valence-corrected chi connectivity index (χ4v) is 3.20. The molecule has 106 valence electrons. The normalized spacial score (nSPS) is 11.3. The van der Waals surface area contributed by atoms with Crippen molar-refractivity contribution >= 4 is 38.9 Å². The van der Waals surface area contributed by atoms with Crippen LogP contribution in [0.4, 0.5) is 5.69 Å². The summed E-state index contributed by atoms with van der Waals surface area (Å²) in [5, 5.41) is 0.711. The number of nitrogens with one attached hydrogen (secondary N) is 1. The van der Waals surface area contributed by atoms with Crippen LogP contribution in [0.2, 0.25) is 10.0 Å². The van der Waals surface area contributed by atoms with Crippen molar-refractivity contribution in [3.8, 4) is 0 Å². The molecule has 7 heteroatoms. The number of hydrogen-bond donors (Lipinski definition) is 2. The Hall–Kier alpha value is -1.27. The molecule has 0 heterocycles. The minimum absolute atomic E-state index is 0.144. The minimum atomic E-state index is -3.68. The van der Waals surface area contributed by atoms with Crippen LogP contribution in [-0.2, 0) is 16.6 Å². The zero-order valence-electron chi connectivity index (χ0n) is 10.3. The number of anilines is 1. The van der Waals surface area contributed by atoms with Crippen molar-refractivity contribution in [2.45, 2.75) is 11.4 Å². The highest BCUT2D eigenvalue weighted by atomic mass is 35.5. The third-order valence-corrected chi connectivity index (χ3v) is 4.42. The predicted octanol–water partition coefficient (Wildman–Crippen LogP) is 3.25. The third kappa shape index (κ3) is 3.64. The number of rotatable bonds is 4. The average Bonchev–Trinajstić information content (AvgIpc) is 2.37. The molecule has 0 radical (unpaired) electrons. The molecule has 0 amide bonds. The molecule has 3 N–H and O–H groups in total. The quantitative estimate of drug-likeness (QED) is 0.903. The molecule has 0 saturated carbocycles. The standard InChI is InChI=1S/C13H12Cl2N2O2S/c14-10-5-11(15)7-12(6-10)17-20(18,19)13-3-1-9(8-16)2-4-13/h1-7,17H,8,16H2. The molecule has 2 rings (SSSR count). The molecule has 0 fully saturated rings. The van der Waals surface area contributed by atoms with Gasteiger partial charge in [-0.2, -0.15) is 0 Å². The number of benzene rings is 2. The van der Waals surface area contributed by atoms with Crippen molar-refractivity contribution < 1.29 is 8.42 Å². The molecule has 0 unspecified atom stereocenters. The SMILES string of the molecule is NCc1ccc(S(=O)(=O)Nc2cc(Cl)cc(Cl)c2)cc1. The lowest BCUT2D eigenvalue weighted by Gasteiger charge is -2.09. The Labute approximate surface area is 127 Å². The summed E-state index contributed by atoms with van der Waals surface area (Å²) >= 11 is 11.7. The molecule has 0 aliphatic heterocycles. The summed E-state index contributed by atoms with van der Waals surface area (Å²) in [6.07, 6.45) is 0. The second kappa shape index (κ2) is 6.01. The van der Waals surface area contributed by atoms with Gasteiger partial charge in [0, 0.05) is 16.6 Å². The van der Waals surface area contributed by atoms with Crippen LogP contribution in [0, 0.1) is 0 Å². The van der Waals surface area contributed by atoms with E-state index in [2.05, 4.69) is 4.72 Å². The van der Waals surface area contributed by atoms with Crippen molar-refractivity contribution in [2.75, 3.05) is 4.72 Å². The van der Waals surface area contributed by atoms with Crippen LogP contribution in [-0.4, -0.2) is 8.42 Å². The highest BCUT2D eigenvalue weighted by molar-refractivity contribution is 7.92. The van der Waals surface area contributed by atoms with Crippen LogP contribution in [0.5, 0.6) is 0 Å². The highest BCUT2D eigenvalue weighted by Gasteiger charge is 2.14. The molecule has 20 heavy (non-hydrogen) atoms. The summed E-state index contributed by atoms with van der Waals surface area (Å²) in [6.45, 7) is 0.359. The van der Waals surface area contributed by atoms with Crippen LogP contribution >= 0.6 is 23.2 Å². The lowest BCUT2D eigenvalue weighted by Crippen LogP contribution is -2.13. The molecule has 0 bridgehead atoms. The van der Waals surface area contributed by atoms with E-state index >= 15 is 0 Å². The first-order valence-electron chi connectivity index (χ1n) is 5.68. The lowest BCUT2D eigenvalue weighted by atomic mass is 10.2. The van der Waals surface area contributed by atoms with E-state index in [0.717, 1.165) is 5.56 Å². The van der Waals surface area contributed by atoms with Gasteiger partial charge < -0.3 is 5.73 Å². The van der Waals surface area contributed by atoms with Gasteiger partial charge in [-0.1, -0.05) is 35.3 Å². The van der Waals surface area contributed by atoms with Crippen LogP contribution in [0.1, 0.15) is 5.56 Å². The van der Waals surface area contributed by atoms with Crippen molar-refractivity contribution in [2.24, 2.45) is 5.73 Å². The van der Waals surface area contributed by atoms with Gasteiger partial charge in [0.25, 0.3) is 10.0 Å². The maximum atomic E-state index is 12.2. The van der Waals surface area contributed by atoms with Crippen LogP contribution in [0.15, 0.2) is 47.4 Å². The fraction of sp³-hybridized carbons (Fsp3) is 0.0769. The largest absolute Gasteiger partial charge is 0.326 e. The molecule has 0 aliphatic rings. The first-order chi connectivity index (χ1) is 9.40. The molecule has 0 atom stereocenters. The lowest BCUT2D eigenvalue weighted by molar-refractivity contribution is 0.601. The molecule has 4 nitrogen and oxygen atoms in total. The Morgan fingerprint density at radius 1 is 1.00 bits per heavy atom. The first-order valence-corrected chi connectivity index (χ1v) is 7.92. The summed E-state index contributed by atoms with van der Waals surface area (Å²) in [5.41, 5.74) is 6.64. The van der Waals surface area contributed by atoms with Gasteiger partial charge in [0.05, 0.1) is 10.6 Å². The Kier molecular flexibility index (Phi) is 4.55. The Morgan fingerprint density at radius 2 is 1.55 bits per heavy atom. The van der Waals surface area contributed by atoms with Gasteiger partial charge >= 0.3 is 0 Å². The molecule has 0 aromatic heterocycles. The van der Waals surface area contributed by atoms with Crippen molar-refractivity contribution in [3.05, 3.63) is 58.1 Å². The summed E-state index contributed by atoms with van der Waals surface area (Å²) < 4.78 is 26.8. The topological polar surface area (TPSA) is 72.2 Å². The summed E-state index contributed by atoms with van der Waals surface area (Å²) in [5.74, 6) is 0. The van der Waals surface area contributed by atoms with Crippen LogP contribution in [0.3, 0.4) is 0 Å². The Bertz CT molecular complexity index is 695. The summed E-state index contributed by atoms with van der Waals surface area (Å²) in [6, 6.07) is 10.8. The van der Waals surface area contributed by atoms with Crippen molar-refractivity contribution in [1.29, 1.82) is 0 Å². The average molecular weight is 331 g/mol. The zero-order valence-corrected chi connectivity index (χ0v) is 12.6. The Morgan fingerprint density at radius 3 is 2.05 bits per heavy atom. The fourth-order valence-electron chi connectivity index (χ4n) is 1.63. The van der Waals surface area contributed by atoms with E-state index in [4.69, 9.17) is 28.9 Å². The third-order valence-electron chi connectivity index (χ3n) is 2.58. The second-order valence-electron chi connectivity index (χ2n) is 4.11. The van der Waals surface area contributed by atoms with Crippen LogP contribution in [0.25, 0.3) is 0 Å². The minimum Gasteiger partial charge on any atom is -0.326 e. The molecule has 2 aromatic rings. The van der Waals surface area contributed by atoms with Crippen molar-refractivity contribution in [3.63, 3.8) is 0 Å². The van der Waals surface area contributed by atoms with E-state index in [1.165, 1.54) is 30.3 Å². The Balaban J connectivity index is 2.30. The van der Waals surface area contributed by atoms with Gasteiger partial charge in [0.2, 0.25) is 0 Å². The zero-order chi connectivity index (χ0) is 14.8. The molecular weight excluding hydrogens is 319 g/mol. The van der Waals surface area contributed by atoms with Gasteiger partial charge in [-0.15, -0.1) is 0 Å².